The molecule has 0 saturated carbocycles. The molecule has 0 aliphatic rings. The van der Waals surface area contributed by atoms with E-state index in [1.807, 2.05) is 23.6 Å². The molecule has 0 unspecified atom stereocenters. The molecule has 0 N–H and O–H groups in total. The van der Waals surface area contributed by atoms with E-state index in [1.54, 1.807) is 31.6 Å². The van der Waals surface area contributed by atoms with Crippen molar-refractivity contribution in [1.29, 1.82) is 0 Å². The second kappa shape index (κ2) is 8.34. The van der Waals surface area contributed by atoms with E-state index in [4.69, 9.17) is 18.6 Å². The molecule has 2 heterocycles. The molecule has 0 aliphatic heterocycles. The molecule has 0 aliphatic carbocycles. The van der Waals surface area contributed by atoms with Gasteiger partial charge in [0.15, 0.2) is 22.3 Å². The molecule has 25 heavy (non-hydrogen) atoms. The lowest BCUT2D eigenvalue weighted by molar-refractivity contribution is -0.145. The van der Waals surface area contributed by atoms with Crippen molar-refractivity contribution in [3.05, 3.63) is 53.7 Å². The highest BCUT2D eigenvalue weighted by molar-refractivity contribution is 7.13. The van der Waals surface area contributed by atoms with Crippen LogP contribution in [0.4, 0.5) is 0 Å². The van der Waals surface area contributed by atoms with Gasteiger partial charge in [0.1, 0.15) is 6.61 Å². The quantitative estimate of drug-likeness (QED) is 0.568. The predicted octanol–water partition coefficient (Wildman–Crippen LogP) is 3.92. The van der Waals surface area contributed by atoms with Crippen LogP contribution in [0.25, 0.3) is 10.8 Å². The number of esters is 1. The average Bonchev–Trinajstić information content (AvgIpc) is 3.32. The molecule has 0 spiro atoms. The third-order valence-corrected chi connectivity index (χ3v) is 4.20. The molecule has 0 atom stereocenters. The van der Waals surface area contributed by atoms with Crippen molar-refractivity contribution in [2.75, 3.05) is 13.7 Å². The molecule has 7 heteroatoms. The normalized spacial score (nSPS) is 10.4. The summed E-state index contributed by atoms with van der Waals surface area (Å²) in [7, 11) is 1.57. The first kappa shape index (κ1) is 17.0. The highest BCUT2D eigenvalue weighted by Crippen LogP contribution is 2.26. The van der Waals surface area contributed by atoms with Crippen LogP contribution in [-0.4, -0.2) is 24.7 Å². The maximum absolute atomic E-state index is 11.8. The Kier molecular flexibility index (Phi) is 5.69. The highest BCUT2D eigenvalue weighted by Gasteiger charge is 2.10. The molecular weight excluding hydrogens is 342 g/mol. The minimum absolute atomic E-state index is 0.130. The number of thiazole rings is 1. The van der Waals surface area contributed by atoms with Crippen molar-refractivity contribution >= 4 is 17.3 Å². The van der Waals surface area contributed by atoms with E-state index in [9.17, 15) is 4.79 Å². The number of para-hydroxylation sites is 2. The number of carbonyl (C=O) groups is 1. The summed E-state index contributed by atoms with van der Waals surface area (Å²) in [6.45, 7) is 0.346. The van der Waals surface area contributed by atoms with Gasteiger partial charge in [0.05, 0.1) is 32.1 Å². The van der Waals surface area contributed by atoms with Crippen LogP contribution in [0.3, 0.4) is 0 Å². The van der Waals surface area contributed by atoms with Gasteiger partial charge >= 0.3 is 5.97 Å². The zero-order valence-corrected chi connectivity index (χ0v) is 14.5. The zero-order chi connectivity index (χ0) is 17.5. The molecule has 0 amide bonds. The number of carbonyl (C=O) groups excluding carboxylic acids is 1. The molecule has 0 radical (unpaired) electrons. The number of methoxy groups -OCH3 is 1. The summed E-state index contributed by atoms with van der Waals surface area (Å²) in [6.07, 6.45) is 1.74. The van der Waals surface area contributed by atoms with Crippen LogP contribution in [0.2, 0.25) is 0 Å². The van der Waals surface area contributed by atoms with Gasteiger partial charge < -0.3 is 18.6 Å². The van der Waals surface area contributed by atoms with E-state index < -0.39 is 0 Å². The van der Waals surface area contributed by atoms with Gasteiger partial charge in [0.25, 0.3) is 0 Å². The van der Waals surface area contributed by atoms with Crippen LogP contribution in [0.1, 0.15) is 12.1 Å². The lowest BCUT2D eigenvalue weighted by Crippen LogP contribution is -2.10. The summed E-state index contributed by atoms with van der Waals surface area (Å²) in [5.74, 6) is 1.58. The Morgan fingerprint density at radius 3 is 2.80 bits per heavy atom. The zero-order valence-electron chi connectivity index (χ0n) is 13.6. The number of furan rings is 1. The molecule has 1 aromatic carbocycles. The summed E-state index contributed by atoms with van der Waals surface area (Å²) >= 11 is 1.44. The van der Waals surface area contributed by atoms with Crippen molar-refractivity contribution in [2.45, 2.75) is 13.0 Å². The number of hydrogen-bond acceptors (Lipinski definition) is 7. The van der Waals surface area contributed by atoms with Crippen LogP contribution >= 0.6 is 11.3 Å². The molecule has 130 valence electrons. The van der Waals surface area contributed by atoms with Crippen molar-refractivity contribution in [3.63, 3.8) is 0 Å². The van der Waals surface area contributed by atoms with E-state index in [-0.39, 0.29) is 25.6 Å². The molecule has 0 saturated heterocycles. The number of ether oxygens (including phenoxy) is 3. The topological polar surface area (TPSA) is 70.8 Å². The van der Waals surface area contributed by atoms with E-state index in [1.165, 1.54) is 11.3 Å². The predicted molar refractivity (Wildman–Crippen MR) is 92.7 cm³/mol. The minimum atomic E-state index is -0.345. The van der Waals surface area contributed by atoms with Crippen molar-refractivity contribution in [2.24, 2.45) is 0 Å². The maximum Gasteiger partial charge on any atom is 0.309 e. The third-order valence-electron chi connectivity index (χ3n) is 3.30. The summed E-state index contributed by atoms with van der Waals surface area (Å²) in [4.78, 5) is 16.2. The van der Waals surface area contributed by atoms with Gasteiger partial charge in [-0.05, 0) is 24.3 Å². The van der Waals surface area contributed by atoms with Gasteiger partial charge in [-0.25, -0.2) is 4.98 Å². The minimum Gasteiger partial charge on any atom is -0.493 e. The maximum atomic E-state index is 11.8. The van der Waals surface area contributed by atoms with E-state index in [2.05, 4.69) is 4.98 Å². The van der Waals surface area contributed by atoms with Crippen LogP contribution in [-0.2, 0) is 16.1 Å². The summed E-state index contributed by atoms with van der Waals surface area (Å²) < 4.78 is 21.2. The van der Waals surface area contributed by atoms with Crippen molar-refractivity contribution in [3.8, 4) is 22.3 Å². The fraction of sp³-hybridized carbons (Fsp3) is 0.222. The highest BCUT2D eigenvalue weighted by atomic mass is 32.1. The first-order valence-electron chi connectivity index (χ1n) is 7.66. The molecular formula is C18H17NO5S. The number of benzene rings is 1. The number of hydrogen-bond donors (Lipinski definition) is 0. The van der Waals surface area contributed by atoms with Gasteiger partial charge in [-0.3, -0.25) is 4.79 Å². The Morgan fingerprint density at radius 2 is 2.04 bits per heavy atom. The lowest BCUT2D eigenvalue weighted by atomic mass is 10.3. The van der Waals surface area contributed by atoms with Gasteiger partial charge in [-0.2, -0.15) is 0 Å². The lowest BCUT2D eigenvalue weighted by Gasteiger charge is -2.09. The summed E-state index contributed by atoms with van der Waals surface area (Å²) in [5.41, 5.74) is 0.690. The molecule has 6 nitrogen and oxygen atoms in total. The molecule has 3 aromatic rings. The number of nitrogens with zero attached hydrogens (tertiary/aromatic N) is 1. The van der Waals surface area contributed by atoms with E-state index in [0.29, 0.717) is 23.0 Å². The van der Waals surface area contributed by atoms with Crippen LogP contribution in [0.5, 0.6) is 11.5 Å². The second-order valence-electron chi connectivity index (χ2n) is 5.03. The van der Waals surface area contributed by atoms with Crippen molar-refractivity contribution in [1.82, 2.24) is 4.98 Å². The van der Waals surface area contributed by atoms with Crippen LogP contribution < -0.4 is 9.47 Å². The third kappa shape index (κ3) is 4.60. The summed E-state index contributed by atoms with van der Waals surface area (Å²) in [5, 5.41) is 2.60. The van der Waals surface area contributed by atoms with Crippen LogP contribution in [0.15, 0.2) is 52.5 Å². The first-order chi connectivity index (χ1) is 12.3. The number of aromatic nitrogens is 1. The Labute approximate surface area is 149 Å². The largest absolute Gasteiger partial charge is 0.493 e. The SMILES string of the molecule is COc1ccccc1OCCC(=O)OCc1csc(-c2ccco2)n1. The first-order valence-corrected chi connectivity index (χ1v) is 8.54. The van der Waals surface area contributed by atoms with E-state index in [0.717, 1.165) is 5.01 Å². The number of rotatable bonds is 8. The van der Waals surface area contributed by atoms with Crippen LogP contribution in [0, 0.1) is 0 Å². The monoisotopic (exact) mass is 359 g/mol. The Bertz CT molecular complexity index is 813. The fourth-order valence-corrected chi connectivity index (χ4v) is 2.87. The molecule has 0 fully saturated rings. The van der Waals surface area contributed by atoms with Gasteiger partial charge in [-0.1, -0.05) is 12.1 Å². The average molecular weight is 359 g/mol. The Hall–Kier alpha value is -2.80. The Morgan fingerprint density at radius 1 is 1.20 bits per heavy atom. The van der Waals surface area contributed by atoms with Gasteiger partial charge in [-0.15, -0.1) is 11.3 Å². The second-order valence-corrected chi connectivity index (χ2v) is 5.89. The van der Waals surface area contributed by atoms with Gasteiger partial charge in [0.2, 0.25) is 0 Å². The summed E-state index contributed by atoms with van der Waals surface area (Å²) in [6, 6.07) is 10.9. The van der Waals surface area contributed by atoms with E-state index >= 15 is 0 Å². The fourth-order valence-electron chi connectivity index (χ4n) is 2.10. The molecule has 0 bridgehead atoms. The molecule has 3 rings (SSSR count). The Balaban J connectivity index is 1.42. The standard InChI is InChI=1S/C18H17NO5S/c1-21-14-5-2-3-6-15(14)23-10-8-17(20)24-11-13-12-25-18(19-13)16-7-4-9-22-16/h2-7,9,12H,8,10-11H2,1H3. The van der Waals surface area contributed by atoms with Gasteiger partial charge in [0, 0.05) is 5.38 Å². The molecule has 2 aromatic heterocycles. The smallest absolute Gasteiger partial charge is 0.309 e. The van der Waals surface area contributed by atoms with Crippen molar-refractivity contribution < 1.29 is 23.4 Å².